The van der Waals surface area contributed by atoms with E-state index in [1.807, 2.05) is 31.2 Å². The average Bonchev–Trinajstić information content (AvgIpc) is 3.14. The van der Waals surface area contributed by atoms with Crippen LogP contribution >= 0.6 is 23.1 Å². The van der Waals surface area contributed by atoms with E-state index in [0.717, 1.165) is 15.3 Å². The van der Waals surface area contributed by atoms with E-state index in [2.05, 4.69) is 16.4 Å². The minimum atomic E-state index is -0.367. The first-order valence-corrected chi connectivity index (χ1v) is 9.22. The fourth-order valence-corrected chi connectivity index (χ4v) is 4.19. The molecule has 8 heteroatoms. The van der Waals surface area contributed by atoms with Crippen molar-refractivity contribution < 1.29 is 13.9 Å². The van der Waals surface area contributed by atoms with Crippen molar-refractivity contribution in [1.29, 1.82) is 5.26 Å². The third kappa shape index (κ3) is 3.69. The molecule has 1 aromatic carbocycles. The highest BCUT2D eigenvalue weighted by molar-refractivity contribution is 8.01. The van der Waals surface area contributed by atoms with Crippen molar-refractivity contribution in [2.45, 2.75) is 17.7 Å². The van der Waals surface area contributed by atoms with Crippen LogP contribution in [0.4, 0.5) is 5.13 Å². The Morgan fingerprint density at radius 1 is 1.48 bits per heavy atom. The molecular weight excluding hydrogens is 358 g/mol. The van der Waals surface area contributed by atoms with Crippen molar-refractivity contribution in [3.8, 4) is 6.07 Å². The van der Waals surface area contributed by atoms with Crippen molar-refractivity contribution in [2.24, 2.45) is 0 Å². The lowest BCUT2D eigenvalue weighted by Crippen LogP contribution is -2.13. The molecule has 2 aromatic heterocycles. The number of thiazole rings is 1. The fraction of sp³-hybridized carbons (Fsp3) is 0.235. The van der Waals surface area contributed by atoms with Crippen molar-refractivity contribution in [3.63, 3.8) is 0 Å². The fourth-order valence-electron chi connectivity index (χ4n) is 2.39. The molecule has 2 heterocycles. The van der Waals surface area contributed by atoms with E-state index in [9.17, 15) is 4.79 Å². The molecule has 0 spiro atoms. The molecule has 128 valence electrons. The zero-order valence-electron chi connectivity index (χ0n) is 13.7. The number of furan rings is 1. The lowest BCUT2D eigenvalue weighted by molar-refractivity contribution is 0.0992. The Morgan fingerprint density at radius 3 is 3.04 bits per heavy atom. The third-order valence-corrected chi connectivity index (χ3v) is 5.74. The molecule has 0 aliphatic carbocycles. The van der Waals surface area contributed by atoms with E-state index >= 15 is 0 Å². The summed E-state index contributed by atoms with van der Waals surface area (Å²) in [5, 5.41) is 12.8. The van der Waals surface area contributed by atoms with Gasteiger partial charge in [0.25, 0.3) is 5.91 Å². The molecule has 3 aromatic rings. The summed E-state index contributed by atoms with van der Waals surface area (Å²) in [6.45, 7) is 2.13. The van der Waals surface area contributed by atoms with Crippen molar-refractivity contribution in [3.05, 3.63) is 41.3 Å². The minimum Gasteiger partial charge on any atom is -0.451 e. The van der Waals surface area contributed by atoms with Crippen LogP contribution in [-0.2, 0) is 11.3 Å². The predicted molar refractivity (Wildman–Crippen MR) is 98.1 cm³/mol. The molecule has 0 aliphatic rings. The predicted octanol–water partition coefficient (Wildman–Crippen LogP) is 4.21. The Bertz CT molecular complexity index is 956. The van der Waals surface area contributed by atoms with E-state index in [0.29, 0.717) is 22.0 Å². The Kier molecular flexibility index (Phi) is 5.38. The van der Waals surface area contributed by atoms with Gasteiger partial charge in [0.1, 0.15) is 5.58 Å². The summed E-state index contributed by atoms with van der Waals surface area (Å²) in [5.74, 6) is 0.203. The number of anilines is 1. The van der Waals surface area contributed by atoms with Crippen molar-refractivity contribution >= 4 is 45.1 Å². The van der Waals surface area contributed by atoms with Crippen LogP contribution in [0, 0.1) is 18.3 Å². The average molecular weight is 373 g/mol. The second-order valence-electron chi connectivity index (χ2n) is 5.13. The van der Waals surface area contributed by atoms with Crippen LogP contribution in [0.2, 0.25) is 0 Å². The lowest BCUT2D eigenvalue weighted by atomic mass is 10.1. The summed E-state index contributed by atoms with van der Waals surface area (Å²) in [5.41, 5.74) is 2.14. The van der Waals surface area contributed by atoms with E-state index in [4.69, 9.17) is 14.4 Å². The molecule has 3 rings (SSSR count). The first-order valence-electron chi connectivity index (χ1n) is 7.42. The highest BCUT2D eigenvalue weighted by atomic mass is 32.2. The number of ether oxygens (including phenoxy) is 1. The molecular formula is C17H15N3O3S2. The Hall–Kier alpha value is -2.34. The highest BCUT2D eigenvalue weighted by Crippen LogP contribution is 2.33. The van der Waals surface area contributed by atoms with Gasteiger partial charge in [0.2, 0.25) is 0 Å². The van der Waals surface area contributed by atoms with Gasteiger partial charge in [0.05, 0.1) is 28.3 Å². The number of aromatic nitrogens is 1. The molecule has 1 N–H and O–H groups in total. The van der Waals surface area contributed by atoms with Crippen molar-refractivity contribution in [2.75, 3.05) is 18.2 Å². The Labute approximate surface area is 152 Å². The monoisotopic (exact) mass is 373 g/mol. The van der Waals surface area contributed by atoms with Crippen LogP contribution in [-0.4, -0.2) is 23.8 Å². The standard InChI is InChI=1S/C17H15N3O3S2/c1-10-16(24-8-7-18)25-17(19-10)20-15(21)14-12(9-22-2)11-5-3-4-6-13(11)23-14/h3-6H,8-9H2,1-2H3,(H,19,20,21). The van der Waals surface area contributed by atoms with Gasteiger partial charge in [-0.15, -0.1) is 0 Å². The molecule has 0 unspecified atom stereocenters. The summed E-state index contributed by atoms with van der Waals surface area (Å²) < 4.78 is 11.9. The summed E-state index contributed by atoms with van der Waals surface area (Å²) in [6.07, 6.45) is 0. The topological polar surface area (TPSA) is 88.1 Å². The quantitative estimate of drug-likeness (QED) is 0.651. The maximum absolute atomic E-state index is 12.7. The van der Waals surface area contributed by atoms with Crippen LogP contribution < -0.4 is 5.32 Å². The number of hydrogen-bond donors (Lipinski definition) is 1. The van der Waals surface area contributed by atoms with Crippen LogP contribution in [0.15, 0.2) is 32.9 Å². The van der Waals surface area contributed by atoms with E-state index < -0.39 is 0 Å². The number of thioether (sulfide) groups is 1. The van der Waals surface area contributed by atoms with Crippen LogP contribution in [0.1, 0.15) is 21.8 Å². The number of aryl methyl sites for hydroxylation is 1. The van der Waals surface area contributed by atoms with E-state index in [1.54, 1.807) is 7.11 Å². The van der Waals surface area contributed by atoms with Gasteiger partial charge >= 0.3 is 0 Å². The number of fused-ring (bicyclic) bond motifs is 1. The van der Waals surface area contributed by atoms with Crippen LogP contribution in [0.3, 0.4) is 0 Å². The van der Waals surface area contributed by atoms with Crippen LogP contribution in [0.5, 0.6) is 0 Å². The smallest absolute Gasteiger partial charge is 0.293 e. The number of methoxy groups -OCH3 is 1. The van der Waals surface area contributed by atoms with Crippen LogP contribution in [0.25, 0.3) is 11.0 Å². The summed E-state index contributed by atoms with van der Waals surface area (Å²) in [6, 6.07) is 9.54. The molecule has 0 saturated carbocycles. The Balaban J connectivity index is 1.87. The summed E-state index contributed by atoms with van der Waals surface area (Å²) >= 11 is 2.75. The molecule has 0 aliphatic heterocycles. The van der Waals surface area contributed by atoms with E-state index in [1.165, 1.54) is 23.1 Å². The highest BCUT2D eigenvalue weighted by Gasteiger charge is 2.21. The normalized spacial score (nSPS) is 10.8. The minimum absolute atomic E-state index is 0.224. The number of nitrogens with one attached hydrogen (secondary N) is 1. The molecule has 0 radical (unpaired) electrons. The third-order valence-electron chi connectivity index (χ3n) is 3.44. The van der Waals surface area contributed by atoms with Gasteiger partial charge in [0.15, 0.2) is 10.9 Å². The van der Waals surface area contributed by atoms with Crippen molar-refractivity contribution in [1.82, 2.24) is 4.98 Å². The number of rotatable bonds is 6. The number of benzene rings is 1. The number of nitrogens with zero attached hydrogens (tertiary/aromatic N) is 2. The van der Waals surface area contributed by atoms with Gasteiger partial charge in [-0.25, -0.2) is 4.98 Å². The van der Waals surface area contributed by atoms with Gasteiger partial charge in [-0.2, -0.15) is 5.26 Å². The SMILES string of the molecule is COCc1c(C(=O)Nc2nc(C)c(SCC#N)s2)oc2ccccc12. The number of hydrogen-bond acceptors (Lipinski definition) is 7. The zero-order chi connectivity index (χ0) is 17.8. The molecule has 6 nitrogen and oxygen atoms in total. The molecule has 25 heavy (non-hydrogen) atoms. The number of carbonyl (C=O) groups excluding carboxylic acids is 1. The largest absolute Gasteiger partial charge is 0.451 e. The number of para-hydroxylation sites is 1. The first kappa shape index (κ1) is 17.5. The van der Waals surface area contributed by atoms with Gasteiger partial charge < -0.3 is 9.15 Å². The molecule has 0 fully saturated rings. The maximum Gasteiger partial charge on any atom is 0.293 e. The molecule has 0 bridgehead atoms. The van der Waals surface area contributed by atoms with Gasteiger partial charge in [-0.3, -0.25) is 10.1 Å². The van der Waals surface area contributed by atoms with E-state index in [-0.39, 0.29) is 18.3 Å². The van der Waals surface area contributed by atoms with Gasteiger partial charge in [-0.1, -0.05) is 41.3 Å². The molecule has 0 saturated heterocycles. The summed E-state index contributed by atoms with van der Waals surface area (Å²) in [4.78, 5) is 17.0. The maximum atomic E-state index is 12.7. The molecule has 1 amide bonds. The van der Waals surface area contributed by atoms with Gasteiger partial charge in [0, 0.05) is 18.1 Å². The first-order chi connectivity index (χ1) is 12.1. The number of nitriles is 1. The lowest BCUT2D eigenvalue weighted by Gasteiger charge is -2.02. The second-order valence-corrected chi connectivity index (χ2v) is 7.37. The zero-order valence-corrected chi connectivity index (χ0v) is 15.3. The molecule has 0 atom stereocenters. The summed E-state index contributed by atoms with van der Waals surface area (Å²) in [7, 11) is 1.58. The Morgan fingerprint density at radius 2 is 2.28 bits per heavy atom. The number of amides is 1. The van der Waals surface area contributed by atoms with Gasteiger partial charge in [-0.05, 0) is 13.0 Å². The number of carbonyl (C=O) groups is 1. The second kappa shape index (κ2) is 7.70.